The van der Waals surface area contributed by atoms with E-state index in [9.17, 15) is 19.7 Å². The number of nitro groups is 1. The molecule has 1 aromatic rings. The molecule has 0 saturated carbocycles. The molecule has 1 aromatic carbocycles. The van der Waals surface area contributed by atoms with Crippen LogP contribution in [-0.4, -0.2) is 21.9 Å². The Morgan fingerprint density at radius 1 is 1.53 bits per heavy atom. The minimum atomic E-state index is -1.31. The van der Waals surface area contributed by atoms with E-state index < -0.39 is 22.7 Å². The second-order valence-electron chi connectivity index (χ2n) is 3.65. The number of benzene rings is 1. The average molecular weight is 263 g/mol. The van der Waals surface area contributed by atoms with E-state index in [0.29, 0.717) is 0 Å². The minimum absolute atomic E-state index is 0.0335. The van der Waals surface area contributed by atoms with Gasteiger partial charge in [-0.15, -0.1) is 0 Å². The molecular weight excluding hydrogens is 254 g/mol. The van der Waals surface area contributed by atoms with E-state index in [-0.39, 0.29) is 16.9 Å². The number of carboxylic acid groups (broad SMARTS) is 1. The highest BCUT2D eigenvalue weighted by Crippen LogP contribution is 2.21. The van der Waals surface area contributed by atoms with E-state index in [0.717, 1.165) is 12.1 Å². The molecule has 0 aliphatic heterocycles. The summed E-state index contributed by atoms with van der Waals surface area (Å²) in [4.78, 5) is 32.0. The summed E-state index contributed by atoms with van der Waals surface area (Å²) in [5.41, 5.74) is -0.368. The first-order valence-electron chi connectivity index (χ1n) is 5.09. The van der Waals surface area contributed by atoms with E-state index in [4.69, 9.17) is 10.4 Å². The van der Waals surface area contributed by atoms with Gasteiger partial charge in [0.2, 0.25) is 5.91 Å². The van der Waals surface area contributed by atoms with Gasteiger partial charge in [0, 0.05) is 12.1 Å². The minimum Gasteiger partial charge on any atom is -0.481 e. The zero-order valence-electron chi connectivity index (χ0n) is 9.78. The molecule has 19 heavy (non-hydrogen) atoms. The summed E-state index contributed by atoms with van der Waals surface area (Å²) in [5.74, 6) is -3.41. The van der Waals surface area contributed by atoms with Crippen molar-refractivity contribution in [3.05, 3.63) is 33.9 Å². The predicted molar refractivity (Wildman–Crippen MR) is 63.2 cm³/mol. The molecule has 1 atom stereocenters. The third-order valence-electron chi connectivity index (χ3n) is 2.36. The van der Waals surface area contributed by atoms with Gasteiger partial charge in [-0.05, 0) is 13.0 Å². The first kappa shape index (κ1) is 14.1. The maximum atomic E-state index is 11.5. The van der Waals surface area contributed by atoms with Crippen LogP contribution >= 0.6 is 0 Å². The zero-order chi connectivity index (χ0) is 14.6. The summed E-state index contributed by atoms with van der Waals surface area (Å²) < 4.78 is 0. The molecule has 2 N–H and O–H groups in total. The maximum absolute atomic E-state index is 11.5. The van der Waals surface area contributed by atoms with E-state index in [1.807, 2.05) is 0 Å². The number of nitro benzene ring substituents is 1. The summed E-state index contributed by atoms with van der Waals surface area (Å²) in [6, 6.07) is 5.00. The van der Waals surface area contributed by atoms with Crippen molar-refractivity contribution in [2.45, 2.75) is 6.92 Å². The number of carbonyl (C=O) groups excluding carboxylic acids is 1. The lowest BCUT2D eigenvalue weighted by Gasteiger charge is -2.09. The van der Waals surface area contributed by atoms with Crippen LogP contribution in [-0.2, 0) is 9.59 Å². The van der Waals surface area contributed by atoms with Gasteiger partial charge < -0.3 is 10.4 Å². The lowest BCUT2D eigenvalue weighted by atomic mass is 10.1. The molecule has 0 heterocycles. The van der Waals surface area contributed by atoms with Crippen LogP contribution in [0.4, 0.5) is 11.4 Å². The highest BCUT2D eigenvalue weighted by molar-refractivity contribution is 6.04. The number of hydrogen-bond donors (Lipinski definition) is 2. The third-order valence-corrected chi connectivity index (χ3v) is 2.36. The van der Waals surface area contributed by atoms with Crippen molar-refractivity contribution in [3.8, 4) is 6.07 Å². The van der Waals surface area contributed by atoms with Crippen LogP contribution in [0.3, 0.4) is 0 Å². The Bertz CT molecular complexity index is 590. The van der Waals surface area contributed by atoms with Crippen LogP contribution in [0.25, 0.3) is 0 Å². The molecule has 1 rings (SSSR count). The van der Waals surface area contributed by atoms with Gasteiger partial charge in [0.25, 0.3) is 5.69 Å². The normalized spacial score (nSPS) is 11.2. The van der Waals surface area contributed by atoms with Gasteiger partial charge >= 0.3 is 5.97 Å². The fourth-order valence-electron chi connectivity index (χ4n) is 1.20. The van der Waals surface area contributed by atoms with Crippen molar-refractivity contribution in [2.75, 3.05) is 5.32 Å². The molecule has 0 saturated heterocycles. The van der Waals surface area contributed by atoms with Gasteiger partial charge in [0.1, 0.15) is 12.0 Å². The Morgan fingerprint density at radius 2 is 2.16 bits per heavy atom. The van der Waals surface area contributed by atoms with E-state index in [1.54, 1.807) is 6.07 Å². The van der Waals surface area contributed by atoms with Crippen molar-refractivity contribution >= 4 is 23.3 Å². The van der Waals surface area contributed by atoms with Gasteiger partial charge in [-0.2, -0.15) is 5.26 Å². The summed E-state index contributed by atoms with van der Waals surface area (Å²) >= 11 is 0. The number of hydrogen-bond acceptors (Lipinski definition) is 5. The number of nitrogens with one attached hydrogen (secondary N) is 1. The van der Waals surface area contributed by atoms with Crippen LogP contribution in [0.15, 0.2) is 18.2 Å². The van der Waals surface area contributed by atoms with Gasteiger partial charge in [0.05, 0.1) is 16.2 Å². The number of rotatable bonds is 4. The Balaban J connectivity index is 3.03. The Labute approximate surface area is 107 Å². The summed E-state index contributed by atoms with van der Waals surface area (Å²) in [6.45, 7) is 1.19. The quantitative estimate of drug-likeness (QED) is 0.475. The molecule has 1 amide bonds. The number of aliphatic carboxylic acids is 1. The van der Waals surface area contributed by atoms with Crippen LogP contribution in [0.5, 0.6) is 0 Å². The van der Waals surface area contributed by atoms with Gasteiger partial charge in [-0.25, -0.2) is 0 Å². The fraction of sp³-hybridized carbons (Fsp3) is 0.182. The maximum Gasteiger partial charge on any atom is 0.315 e. The number of nitrogens with zero attached hydrogens (tertiary/aromatic N) is 2. The van der Waals surface area contributed by atoms with Crippen LogP contribution in [0.1, 0.15) is 12.5 Å². The van der Waals surface area contributed by atoms with Gasteiger partial charge in [-0.3, -0.25) is 19.7 Å². The summed E-state index contributed by atoms with van der Waals surface area (Å²) in [5, 5.41) is 30.3. The molecule has 0 aliphatic carbocycles. The van der Waals surface area contributed by atoms with E-state index in [1.165, 1.54) is 13.0 Å². The Kier molecular flexibility index (Phi) is 4.15. The van der Waals surface area contributed by atoms with E-state index >= 15 is 0 Å². The first-order valence-corrected chi connectivity index (χ1v) is 5.09. The third kappa shape index (κ3) is 3.26. The molecule has 0 aromatic heterocycles. The molecule has 0 spiro atoms. The Morgan fingerprint density at radius 3 is 2.63 bits per heavy atom. The topological polar surface area (TPSA) is 133 Å². The number of non-ortho nitro benzene ring substituents is 1. The lowest BCUT2D eigenvalue weighted by molar-refractivity contribution is -0.384. The van der Waals surface area contributed by atoms with Crippen LogP contribution in [0.2, 0.25) is 0 Å². The summed E-state index contributed by atoms with van der Waals surface area (Å²) in [6.07, 6.45) is 0. The van der Waals surface area contributed by atoms with Crippen molar-refractivity contribution in [1.82, 2.24) is 0 Å². The van der Waals surface area contributed by atoms with E-state index in [2.05, 4.69) is 5.32 Å². The number of amides is 1. The largest absolute Gasteiger partial charge is 0.481 e. The van der Waals surface area contributed by atoms with Crippen molar-refractivity contribution in [2.24, 2.45) is 5.92 Å². The van der Waals surface area contributed by atoms with Crippen molar-refractivity contribution in [3.63, 3.8) is 0 Å². The van der Waals surface area contributed by atoms with Crippen molar-refractivity contribution in [1.29, 1.82) is 5.26 Å². The molecule has 1 unspecified atom stereocenters. The molecule has 0 fully saturated rings. The molecule has 0 radical (unpaired) electrons. The molecule has 98 valence electrons. The first-order chi connectivity index (χ1) is 8.86. The molecular formula is C11H9N3O5. The second-order valence-corrected chi connectivity index (χ2v) is 3.65. The number of carboxylic acids is 1. The average Bonchev–Trinajstić information content (AvgIpc) is 2.37. The SMILES string of the molecule is CC(C(=O)O)C(=O)Nc1ccc([N+](=O)[O-])cc1C#N. The van der Waals surface area contributed by atoms with Crippen molar-refractivity contribution < 1.29 is 19.6 Å². The lowest BCUT2D eigenvalue weighted by Crippen LogP contribution is -2.27. The van der Waals surface area contributed by atoms with Gasteiger partial charge in [0.15, 0.2) is 0 Å². The van der Waals surface area contributed by atoms with Gasteiger partial charge in [-0.1, -0.05) is 0 Å². The monoisotopic (exact) mass is 263 g/mol. The highest BCUT2D eigenvalue weighted by Gasteiger charge is 2.22. The summed E-state index contributed by atoms with van der Waals surface area (Å²) in [7, 11) is 0. The standard InChI is InChI=1S/C11H9N3O5/c1-6(11(16)17)10(15)13-9-3-2-8(14(18)19)4-7(9)5-12/h2-4,6H,1H3,(H,13,15)(H,16,17). The number of anilines is 1. The highest BCUT2D eigenvalue weighted by atomic mass is 16.6. The van der Waals surface area contributed by atoms with Crippen LogP contribution in [0, 0.1) is 27.4 Å². The molecule has 8 heteroatoms. The van der Waals surface area contributed by atoms with Crippen LogP contribution < -0.4 is 5.32 Å². The predicted octanol–water partition coefficient (Wildman–Crippen LogP) is 1.13. The number of nitriles is 1. The smallest absolute Gasteiger partial charge is 0.315 e. The Hall–Kier alpha value is -2.95. The molecule has 0 aliphatic rings. The molecule has 0 bridgehead atoms. The molecule has 8 nitrogen and oxygen atoms in total. The zero-order valence-corrected chi connectivity index (χ0v) is 9.78. The number of carbonyl (C=O) groups is 2. The fourth-order valence-corrected chi connectivity index (χ4v) is 1.20. The second kappa shape index (κ2) is 5.59.